The molecule has 0 unspecified atom stereocenters. The lowest BCUT2D eigenvalue weighted by molar-refractivity contribution is 0.739. The standard InChI is InChI=1S/C8H15N/c1-7(9)3-2-4-8-5-6-8/h3,8H,2,4-6,9H2,1H3/b7-3-. The zero-order valence-corrected chi connectivity index (χ0v) is 6.06. The highest BCUT2D eigenvalue weighted by atomic mass is 14.5. The molecule has 0 aromatic heterocycles. The summed E-state index contributed by atoms with van der Waals surface area (Å²) >= 11 is 0. The van der Waals surface area contributed by atoms with Crippen LogP contribution in [0.4, 0.5) is 0 Å². The van der Waals surface area contributed by atoms with Gasteiger partial charge in [0.1, 0.15) is 0 Å². The maximum absolute atomic E-state index is 5.46. The summed E-state index contributed by atoms with van der Waals surface area (Å²) in [6.45, 7) is 1.95. The van der Waals surface area contributed by atoms with Gasteiger partial charge in [-0.1, -0.05) is 18.9 Å². The monoisotopic (exact) mass is 125 g/mol. The van der Waals surface area contributed by atoms with Gasteiger partial charge in [0.15, 0.2) is 0 Å². The molecule has 0 amide bonds. The second-order valence-electron chi connectivity index (χ2n) is 2.97. The quantitative estimate of drug-likeness (QED) is 0.613. The largest absolute Gasteiger partial charge is 0.403 e. The summed E-state index contributed by atoms with van der Waals surface area (Å²) in [5.74, 6) is 1.04. The number of nitrogens with two attached hydrogens (primary N) is 1. The van der Waals surface area contributed by atoms with Gasteiger partial charge in [-0.15, -0.1) is 0 Å². The van der Waals surface area contributed by atoms with Gasteiger partial charge in [0, 0.05) is 5.70 Å². The van der Waals surface area contributed by atoms with Crippen molar-refractivity contribution in [3.05, 3.63) is 11.8 Å². The van der Waals surface area contributed by atoms with Crippen LogP contribution in [0.25, 0.3) is 0 Å². The van der Waals surface area contributed by atoms with Crippen molar-refractivity contribution in [1.82, 2.24) is 0 Å². The van der Waals surface area contributed by atoms with E-state index in [1.54, 1.807) is 0 Å². The lowest BCUT2D eigenvalue weighted by Crippen LogP contribution is -1.89. The maximum atomic E-state index is 5.46. The molecule has 1 saturated carbocycles. The van der Waals surface area contributed by atoms with Crippen molar-refractivity contribution in [2.24, 2.45) is 11.7 Å². The van der Waals surface area contributed by atoms with Crippen LogP contribution in [0.2, 0.25) is 0 Å². The number of allylic oxidation sites excluding steroid dienone is 2. The van der Waals surface area contributed by atoms with Gasteiger partial charge in [-0.25, -0.2) is 0 Å². The van der Waals surface area contributed by atoms with Crippen LogP contribution >= 0.6 is 0 Å². The molecule has 0 aromatic carbocycles. The second kappa shape index (κ2) is 2.90. The Balaban J connectivity index is 1.97. The van der Waals surface area contributed by atoms with E-state index in [1.165, 1.54) is 25.7 Å². The van der Waals surface area contributed by atoms with Crippen molar-refractivity contribution < 1.29 is 0 Å². The summed E-state index contributed by atoms with van der Waals surface area (Å²) in [6, 6.07) is 0. The van der Waals surface area contributed by atoms with Gasteiger partial charge in [0.05, 0.1) is 0 Å². The van der Waals surface area contributed by atoms with Crippen LogP contribution in [-0.2, 0) is 0 Å². The zero-order valence-electron chi connectivity index (χ0n) is 6.06. The van der Waals surface area contributed by atoms with Gasteiger partial charge in [-0.2, -0.15) is 0 Å². The molecule has 1 nitrogen and oxygen atoms in total. The molecule has 52 valence electrons. The number of hydrogen-bond acceptors (Lipinski definition) is 1. The van der Waals surface area contributed by atoms with Gasteiger partial charge in [0.2, 0.25) is 0 Å². The normalized spacial score (nSPS) is 20.3. The highest BCUT2D eigenvalue weighted by Crippen LogP contribution is 2.33. The molecule has 0 heterocycles. The van der Waals surface area contributed by atoms with E-state index in [0.29, 0.717) is 0 Å². The van der Waals surface area contributed by atoms with E-state index in [9.17, 15) is 0 Å². The van der Waals surface area contributed by atoms with Gasteiger partial charge in [0.25, 0.3) is 0 Å². The van der Waals surface area contributed by atoms with Crippen LogP contribution in [0.15, 0.2) is 11.8 Å². The molecular weight excluding hydrogens is 110 g/mol. The average Bonchev–Trinajstić information content (AvgIpc) is 2.48. The summed E-state index contributed by atoms with van der Waals surface area (Å²) in [6.07, 6.45) is 7.58. The van der Waals surface area contributed by atoms with Crippen LogP contribution in [0.1, 0.15) is 32.6 Å². The third-order valence-electron chi connectivity index (χ3n) is 1.74. The third kappa shape index (κ3) is 3.17. The Bertz CT molecular complexity index is 108. The van der Waals surface area contributed by atoms with Crippen molar-refractivity contribution in [1.29, 1.82) is 0 Å². The first kappa shape index (κ1) is 6.66. The lowest BCUT2D eigenvalue weighted by atomic mass is 10.2. The molecular formula is C8H15N. The van der Waals surface area contributed by atoms with E-state index in [-0.39, 0.29) is 0 Å². The Morgan fingerprint density at radius 1 is 1.67 bits per heavy atom. The highest BCUT2D eigenvalue weighted by molar-refractivity contribution is 4.92. The Morgan fingerprint density at radius 2 is 2.33 bits per heavy atom. The Kier molecular flexibility index (Phi) is 2.15. The van der Waals surface area contributed by atoms with Gasteiger partial charge in [-0.05, 0) is 25.7 Å². The molecule has 1 aliphatic carbocycles. The minimum atomic E-state index is 0.968. The Hall–Kier alpha value is -0.460. The fourth-order valence-corrected chi connectivity index (χ4v) is 0.953. The summed E-state index contributed by atoms with van der Waals surface area (Å²) < 4.78 is 0. The summed E-state index contributed by atoms with van der Waals surface area (Å²) in [5, 5.41) is 0. The minimum absolute atomic E-state index is 0.968. The summed E-state index contributed by atoms with van der Waals surface area (Å²) in [4.78, 5) is 0. The molecule has 0 aromatic rings. The summed E-state index contributed by atoms with van der Waals surface area (Å²) in [7, 11) is 0. The average molecular weight is 125 g/mol. The molecule has 0 atom stereocenters. The third-order valence-corrected chi connectivity index (χ3v) is 1.74. The van der Waals surface area contributed by atoms with Crippen LogP contribution in [-0.4, -0.2) is 0 Å². The van der Waals surface area contributed by atoms with Crippen LogP contribution in [0.3, 0.4) is 0 Å². The predicted molar refractivity (Wildman–Crippen MR) is 39.9 cm³/mol. The van der Waals surface area contributed by atoms with Crippen molar-refractivity contribution >= 4 is 0 Å². The predicted octanol–water partition coefficient (Wildman–Crippen LogP) is 2.04. The van der Waals surface area contributed by atoms with Crippen molar-refractivity contribution in [2.45, 2.75) is 32.6 Å². The van der Waals surface area contributed by atoms with E-state index in [4.69, 9.17) is 5.73 Å². The maximum Gasteiger partial charge on any atom is 0.000833 e. The summed E-state index contributed by atoms with van der Waals surface area (Å²) in [5.41, 5.74) is 6.43. The molecule has 1 aliphatic rings. The van der Waals surface area contributed by atoms with E-state index in [0.717, 1.165) is 11.6 Å². The second-order valence-corrected chi connectivity index (χ2v) is 2.97. The van der Waals surface area contributed by atoms with E-state index in [2.05, 4.69) is 6.08 Å². The Morgan fingerprint density at radius 3 is 2.78 bits per heavy atom. The lowest BCUT2D eigenvalue weighted by Gasteiger charge is -1.91. The number of hydrogen-bond donors (Lipinski definition) is 1. The molecule has 0 bridgehead atoms. The molecule has 0 aliphatic heterocycles. The van der Waals surface area contributed by atoms with Gasteiger partial charge in [-0.3, -0.25) is 0 Å². The highest BCUT2D eigenvalue weighted by Gasteiger charge is 2.19. The molecule has 2 N–H and O–H groups in total. The van der Waals surface area contributed by atoms with Crippen molar-refractivity contribution in [2.75, 3.05) is 0 Å². The first-order valence-electron chi connectivity index (χ1n) is 3.71. The van der Waals surface area contributed by atoms with Crippen LogP contribution in [0.5, 0.6) is 0 Å². The van der Waals surface area contributed by atoms with Gasteiger partial charge < -0.3 is 5.73 Å². The van der Waals surface area contributed by atoms with Crippen LogP contribution in [0, 0.1) is 5.92 Å². The zero-order chi connectivity index (χ0) is 6.69. The number of rotatable bonds is 3. The smallest absolute Gasteiger partial charge is 0.000833 e. The van der Waals surface area contributed by atoms with Crippen molar-refractivity contribution in [3.8, 4) is 0 Å². The Labute approximate surface area is 56.9 Å². The van der Waals surface area contributed by atoms with E-state index >= 15 is 0 Å². The first-order valence-corrected chi connectivity index (χ1v) is 3.71. The molecule has 0 saturated heterocycles. The SMILES string of the molecule is C/C(N)=C/CCC1CC1. The fourth-order valence-electron chi connectivity index (χ4n) is 0.953. The molecule has 0 radical (unpaired) electrons. The van der Waals surface area contributed by atoms with Crippen LogP contribution < -0.4 is 5.73 Å². The molecule has 1 rings (SSSR count). The molecule has 9 heavy (non-hydrogen) atoms. The fraction of sp³-hybridized carbons (Fsp3) is 0.750. The molecule has 1 fully saturated rings. The van der Waals surface area contributed by atoms with Crippen molar-refractivity contribution in [3.63, 3.8) is 0 Å². The van der Waals surface area contributed by atoms with E-state index < -0.39 is 0 Å². The van der Waals surface area contributed by atoms with E-state index in [1.807, 2.05) is 6.92 Å². The topological polar surface area (TPSA) is 26.0 Å². The first-order chi connectivity index (χ1) is 4.29. The molecule has 1 heteroatoms. The molecule has 0 spiro atoms. The minimum Gasteiger partial charge on any atom is -0.403 e. The van der Waals surface area contributed by atoms with Gasteiger partial charge >= 0.3 is 0 Å².